The Hall–Kier alpha value is -0.790. The third-order valence-corrected chi connectivity index (χ3v) is 2.90. The number of nitrogens with one attached hydrogen (secondary N) is 1. The summed E-state index contributed by atoms with van der Waals surface area (Å²) in [6.45, 7) is 5.73. The summed E-state index contributed by atoms with van der Waals surface area (Å²) in [6.07, 6.45) is -4.50. The van der Waals surface area contributed by atoms with Gasteiger partial charge in [-0.15, -0.1) is 13.2 Å². The highest BCUT2D eigenvalue weighted by molar-refractivity contribution is 9.10. The minimum atomic E-state index is -4.68. The maximum absolute atomic E-state index is 12.1. The minimum absolute atomic E-state index is 0.185. The molecule has 0 heterocycles. The molecule has 20 heavy (non-hydrogen) atoms. The first-order valence-corrected chi connectivity index (χ1v) is 6.93. The lowest BCUT2D eigenvalue weighted by Gasteiger charge is -2.12. The predicted molar refractivity (Wildman–Crippen MR) is 73.6 cm³/mol. The molecule has 0 atom stereocenters. The average molecular weight is 356 g/mol. The summed E-state index contributed by atoms with van der Waals surface area (Å²) in [5.74, 6) is -0.246. The Morgan fingerprint density at radius 2 is 2.00 bits per heavy atom. The van der Waals surface area contributed by atoms with Crippen LogP contribution in [0.2, 0.25) is 0 Å². The van der Waals surface area contributed by atoms with E-state index in [0.29, 0.717) is 19.7 Å². The van der Waals surface area contributed by atoms with E-state index in [4.69, 9.17) is 4.74 Å². The smallest absolute Gasteiger partial charge is 0.405 e. The van der Waals surface area contributed by atoms with Gasteiger partial charge in [0.2, 0.25) is 0 Å². The molecule has 1 aromatic rings. The second-order valence-electron chi connectivity index (χ2n) is 4.41. The highest BCUT2D eigenvalue weighted by atomic mass is 79.9. The van der Waals surface area contributed by atoms with Crippen molar-refractivity contribution in [3.05, 3.63) is 28.2 Å². The van der Waals surface area contributed by atoms with Crippen molar-refractivity contribution in [1.29, 1.82) is 0 Å². The normalized spacial score (nSPS) is 11.9. The molecule has 0 unspecified atom stereocenters. The molecule has 0 bridgehead atoms. The molecule has 1 N–H and O–H groups in total. The van der Waals surface area contributed by atoms with Crippen LogP contribution in [0.3, 0.4) is 0 Å². The fourth-order valence-corrected chi connectivity index (χ4v) is 1.97. The van der Waals surface area contributed by atoms with E-state index in [1.54, 1.807) is 12.1 Å². The Kier molecular flexibility index (Phi) is 6.78. The molecule has 0 spiro atoms. The number of halogens is 4. The Labute approximate surface area is 124 Å². The zero-order valence-electron chi connectivity index (χ0n) is 11.3. The minimum Gasteiger partial charge on any atom is -0.405 e. The molecule has 7 heteroatoms. The molecule has 0 aromatic heterocycles. The zero-order chi connectivity index (χ0) is 15.2. The Morgan fingerprint density at radius 1 is 1.30 bits per heavy atom. The molecular weight excluding hydrogens is 339 g/mol. The van der Waals surface area contributed by atoms with Crippen LogP contribution in [0.15, 0.2) is 22.7 Å². The first-order valence-electron chi connectivity index (χ1n) is 6.14. The number of rotatable bonds is 7. The molecule has 114 valence electrons. The summed E-state index contributed by atoms with van der Waals surface area (Å²) in [6, 6.07) is 4.47. The van der Waals surface area contributed by atoms with Crippen molar-refractivity contribution < 1.29 is 22.6 Å². The van der Waals surface area contributed by atoms with E-state index in [1.807, 2.05) is 13.8 Å². The lowest BCUT2D eigenvalue weighted by Crippen LogP contribution is -2.21. The van der Waals surface area contributed by atoms with Gasteiger partial charge in [0, 0.05) is 13.1 Å². The summed E-state index contributed by atoms with van der Waals surface area (Å²) in [4.78, 5) is 0. The van der Waals surface area contributed by atoms with Crippen molar-refractivity contribution in [1.82, 2.24) is 5.32 Å². The molecule has 0 aliphatic rings. The van der Waals surface area contributed by atoms with Gasteiger partial charge in [0.1, 0.15) is 5.75 Å². The molecule has 0 fully saturated rings. The van der Waals surface area contributed by atoms with E-state index in [-0.39, 0.29) is 16.3 Å². The monoisotopic (exact) mass is 355 g/mol. The van der Waals surface area contributed by atoms with Crippen LogP contribution in [0.4, 0.5) is 13.2 Å². The van der Waals surface area contributed by atoms with Crippen molar-refractivity contribution in [3.63, 3.8) is 0 Å². The summed E-state index contributed by atoms with van der Waals surface area (Å²) in [5.41, 5.74) is 0.857. The van der Waals surface area contributed by atoms with Gasteiger partial charge in [-0.1, -0.05) is 6.07 Å². The average Bonchev–Trinajstić information content (AvgIpc) is 2.30. The molecule has 0 saturated heterocycles. The van der Waals surface area contributed by atoms with Gasteiger partial charge in [-0.3, -0.25) is 0 Å². The predicted octanol–water partition coefficient (Wildman–Crippen LogP) is 3.86. The van der Waals surface area contributed by atoms with Gasteiger partial charge in [0.25, 0.3) is 0 Å². The van der Waals surface area contributed by atoms with E-state index in [2.05, 4.69) is 26.0 Å². The van der Waals surface area contributed by atoms with Crippen molar-refractivity contribution >= 4 is 15.9 Å². The summed E-state index contributed by atoms with van der Waals surface area (Å²) < 4.78 is 45.8. The highest BCUT2D eigenvalue weighted by Crippen LogP contribution is 2.30. The second kappa shape index (κ2) is 7.85. The fourth-order valence-electron chi connectivity index (χ4n) is 1.46. The lowest BCUT2D eigenvalue weighted by atomic mass is 10.2. The number of benzene rings is 1. The number of hydrogen-bond donors (Lipinski definition) is 1. The van der Waals surface area contributed by atoms with E-state index >= 15 is 0 Å². The quantitative estimate of drug-likeness (QED) is 0.753. The van der Waals surface area contributed by atoms with E-state index in [9.17, 15) is 13.2 Å². The Balaban J connectivity index is 2.43. The molecule has 0 amide bonds. The fraction of sp³-hybridized carbons (Fsp3) is 0.538. The molecule has 1 rings (SSSR count). The van der Waals surface area contributed by atoms with E-state index in [1.165, 1.54) is 6.07 Å². The molecule has 0 aliphatic carbocycles. The van der Waals surface area contributed by atoms with E-state index in [0.717, 1.165) is 5.56 Å². The van der Waals surface area contributed by atoms with Gasteiger partial charge >= 0.3 is 6.36 Å². The van der Waals surface area contributed by atoms with Crippen LogP contribution in [0.25, 0.3) is 0 Å². The summed E-state index contributed by atoms with van der Waals surface area (Å²) in [7, 11) is 0. The van der Waals surface area contributed by atoms with E-state index < -0.39 is 6.36 Å². The van der Waals surface area contributed by atoms with Crippen LogP contribution in [0, 0.1) is 0 Å². The first-order chi connectivity index (χ1) is 9.28. The van der Waals surface area contributed by atoms with Crippen LogP contribution in [0.5, 0.6) is 5.75 Å². The molecule has 0 aliphatic heterocycles. The number of ether oxygens (including phenoxy) is 2. The van der Waals surface area contributed by atoms with Gasteiger partial charge in [-0.2, -0.15) is 0 Å². The van der Waals surface area contributed by atoms with Gasteiger partial charge in [-0.05, 0) is 47.5 Å². The standard InChI is InChI=1S/C13H17BrF3NO2/c1-9(2)19-6-5-18-8-10-3-4-12(11(14)7-10)20-13(15,16)17/h3-4,7,9,18H,5-6,8H2,1-2H3. The van der Waals surface area contributed by atoms with Gasteiger partial charge < -0.3 is 14.8 Å². The lowest BCUT2D eigenvalue weighted by molar-refractivity contribution is -0.274. The van der Waals surface area contributed by atoms with Crippen LogP contribution in [-0.2, 0) is 11.3 Å². The molecule has 0 saturated carbocycles. The second-order valence-corrected chi connectivity index (χ2v) is 5.26. The van der Waals surface area contributed by atoms with Crippen molar-refractivity contribution in [2.75, 3.05) is 13.2 Å². The van der Waals surface area contributed by atoms with Gasteiger partial charge in [0.15, 0.2) is 0 Å². The third-order valence-electron chi connectivity index (χ3n) is 2.28. The summed E-state index contributed by atoms with van der Waals surface area (Å²) >= 11 is 3.06. The summed E-state index contributed by atoms with van der Waals surface area (Å²) in [5, 5.41) is 3.14. The third kappa shape index (κ3) is 7.12. The molecule has 1 aromatic carbocycles. The first kappa shape index (κ1) is 17.3. The van der Waals surface area contributed by atoms with Crippen LogP contribution >= 0.6 is 15.9 Å². The largest absolute Gasteiger partial charge is 0.573 e. The van der Waals surface area contributed by atoms with Gasteiger partial charge in [-0.25, -0.2) is 0 Å². The Bertz CT molecular complexity index is 425. The SMILES string of the molecule is CC(C)OCCNCc1ccc(OC(F)(F)F)c(Br)c1. The maximum Gasteiger partial charge on any atom is 0.573 e. The van der Waals surface area contributed by atoms with Crippen LogP contribution in [-0.4, -0.2) is 25.6 Å². The molecule has 0 radical (unpaired) electrons. The van der Waals surface area contributed by atoms with Gasteiger partial charge in [0.05, 0.1) is 17.2 Å². The van der Waals surface area contributed by atoms with Crippen molar-refractivity contribution in [2.24, 2.45) is 0 Å². The Morgan fingerprint density at radius 3 is 2.55 bits per heavy atom. The molecule has 3 nitrogen and oxygen atoms in total. The maximum atomic E-state index is 12.1. The van der Waals surface area contributed by atoms with Crippen molar-refractivity contribution in [3.8, 4) is 5.75 Å². The topological polar surface area (TPSA) is 30.5 Å². The van der Waals surface area contributed by atoms with Crippen molar-refractivity contribution in [2.45, 2.75) is 32.9 Å². The molecular formula is C13H17BrF3NO2. The number of hydrogen-bond acceptors (Lipinski definition) is 3. The van der Waals surface area contributed by atoms with Crippen LogP contribution in [0.1, 0.15) is 19.4 Å². The zero-order valence-corrected chi connectivity index (χ0v) is 12.8. The highest BCUT2D eigenvalue weighted by Gasteiger charge is 2.31. The van der Waals surface area contributed by atoms with Crippen LogP contribution < -0.4 is 10.1 Å². The number of alkyl halides is 3.